The molecule has 0 saturated carbocycles. The highest BCUT2D eigenvalue weighted by Gasteiger charge is 2.31. The van der Waals surface area contributed by atoms with Crippen LogP contribution in [0, 0.1) is 0 Å². The topological polar surface area (TPSA) is 90.3 Å². The second-order valence-corrected chi connectivity index (χ2v) is 4.93. The van der Waals surface area contributed by atoms with Gasteiger partial charge in [0.25, 0.3) is 0 Å². The minimum atomic E-state index is -0.889. The molecule has 0 radical (unpaired) electrons. The molecular formula is C13H24N2O5. The van der Waals surface area contributed by atoms with Gasteiger partial charge in [0.05, 0.1) is 19.6 Å². The van der Waals surface area contributed by atoms with E-state index in [9.17, 15) is 9.59 Å². The number of urea groups is 1. The first-order chi connectivity index (χ1) is 9.60. The van der Waals surface area contributed by atoms with Gasteiger partial charge in [-0.1, -0.05) is 0 Å². The Labute approximate surface area is 119 Å². The zero-order chi connectivity index (χ0) is 15.0. The van der Waals surface area contributed by atoms with Gasteiger partial charge in [-0.3, -0.25) is 4.79 Å². The van der Waals surface area contributed by atoms with Gasteiger partial charge >= 0.3 is 12.0 Å². The molecule has 0 aromatic heterocycles. The van der Waals surface area contributed by atoms with Crippen LogP contribution in [-0.2, 0) is 9.53 Å². The number of carbonyl (C=O) groups excluding carboxylic acids is 1. The Morgan fingerprint density at radius 2 is 2.10 bits per heavy atom. The molecule has 7 heteroatoms. The first-order valence-corrected chi connectivity index (χ1v) is 6.97. The quantitative estimate of drug-likeness (QED) is 0.706. The first kappa shape index (κ1) is 16.7. The molecule has 1 unspecified atom stereocenters. The maximum absolute atomic E-state index is 12.5. The highest BCUT2D eigenvalue weighted by molar-refractivity contribution is 5.76. The maximum atomic E-state index is 12.5. The van der Waals surface area contributed by atoms with Crippen LogP contribution in [0.5, 0.6) is 0 Å². The minimum absolute atomic E-state index is 0.0248. The van der Waals surface area contributed by atoms with E-state index >= 15 is 0 Å². The third-order valence-corrected chi connectivity index (χ3v) is 3.49. The minimum Gasteiger partial charge on any atom is -0.481 e. The Hall–Kier alpha value is -1.34. The molecule has 116 valence electrons. The smallest absolute Gasteiger partial charge is 0.320 e. The van der Waals surface area contributed by atoms with Gasteiger partial charge in [-0.25, -0.2) is 4.79 Å². The summed E-state index contributed by atoms with van der Waals surface area (Å²) >= 11 is 0. The van der Waals surface area contributed by atoms with Gasteiger partial charge in [0.1, 0.15) is 0 Å². The van der Waals surface area contributed by atoms with Gasteiger partial charge in [-0.05, 0) is 19.3 Å². The predicted octanol–water partition coefficient (Wildman–Crippen LogP) is 0.376. The number of aliphatic carboxylic acids is 1. The van der Waals surface area contributed by atoms with Crippen molar-refractivity contribution in [2.24, 2.45) is 0 Å². The van der Waals surface area contributed by atoms with Gasteiger partial charge in [0, 0.05) is 32.8 Å². The lowest BCUT2D eigenvalue weighted by Crippen LogP contribution is -2.52. The fraction of sp³-hybridized carbons (Fsp3) is 0.846. The molecule has 0 bridgehead atoms. The molecule has 1 saturated heterocycles. The normalized spacial score (nSPS) is 18.9. The SMILES string of the molecule is COCCN(CCO)C(=O)N1CCCCC1CC(=O)O. The van der Waals surface area contributed by atoms with Gasteiger partial charge in [0.2, 0.25) is 0 Å². The molecule has 1 rings (SSSR count). The van der Waals surface area contributed by atoms with Crippen LogP contribution in [0.15, 0.2) is 0 Å². The van der Waals surface area contributed by atoms with Crippen LogP contribution in [-0.4, -0.2) is 78.0 Å². The van der Waals surface area contributed by atoms with Gasteiger partial charge < -0.3 is 24.7 Å². The number of methoxy groups -OCH3 is 1. The second kappa shape index (κ2) is 8.76. The van der Waals surface area contributed by atoms with Crippen LogP contribution in [0.3, 0.4) is 0 Å². The van der Waals surface area contributed by atoms with E-state index in [1.807, 2.05) is 0 Å². The summed E-state index contributed by atoms with van der Waals surface area (Å²) in [7, 11) is 1.55. The lowest BCUT2D eigenvalue weighted by Gasteiger charge is -2.38. The molecule has 2 N–H and O–H groups in total. The third-order valence-electron chi connectivity index (χ3n) is 3.49. The molecule has 1 heterocycles. The van der Waals surface area contributed by atoms with E-state index in [2.05, 4.69) is 0 Å². The summed E-state index contributed by atoms with van der Waals surface area (Å²) in [6.07, 6.45) is 2.52. The largest absolute Gasteiger partial charge is 0.481 e. The fourth-order valence-corrected chi connectivity index (χ4v) is 2.47. The van der Waals surface area contributed by atoms with Crippen LogP contribution in [0.4, 0.5) is 4.79 Å². The summed E-state index contributed by atoms with van der Waals surface area (Å²) in [4.78, 5) is 26.5. The molecule has 1 fully saturated rings. The molecule has 1 atom stereocenters. The van der Waals surface area contributed by atoms with Crippen LogP contribution in [0.25, 0.3) is 0 Å². The van der Waals surface area contributed by atoms with Gasteiger partial charge in [-0.2, -0.15) is 0 Å². The fourth-order valence-electron chi connectivity index (χ4n) is 2.47. The summed E-state index contributed by atoms with van der Waals surface area (Å²) in [6, 6.07) is -0.459. The second-order valence-electron chi connectivity index (χ2n) is 4.93. The molecular weight excluding hydrogens is 264 g/mol. The lowest BCUT2D eigenvalue weighted by molar-refractivity contribution is -0.138. The molecule has 20 heavy (non-hydrogen) atoms. The Morgan fingerprint density at radius 1 is 1.35 bits per heavy atom. The number of rotatable bonds is 7. The van der Waals surface area contributed by atoms with E-state index in [0.29, 0.717) is 19.7 Å². The first-order valence-electron chi connectivity index (χ1n) is 6.97. The Bertz CT molecular complexity index is 324. The van der Waals surface area contributed by atoms with E-state index < -0.39 is 5.97 Å². The molecule has 1 aliphatic heterocycles. The number of ether oxygens (including phenoxy) is 1. The summed E-state index contributed by atoms with van der Waals surface area (Å²) in [6.45, 7) is 1.48. The predicted molar refractivity (Wildman–Crippen MR) is 72.5 cm³/mol. The van der Waals surface area contributed by atoms with Crippen LogP contribution in [0.1, 0.15) is 25.7 Å². The monoisotopic (exact) mass is 288 g/mol. The number of nitrogens with zero attached hydrogens (tertiary/aromatic N) is 2. The van der Waals surface area contributed by atoms with E-state index in [4.69, 9.17) is 14.9 Å². The highest BCUT2D eigenvalue weighted by atomic mass is 16.5. The van der Waals surface area contributed by atoms with Crippen LogP contribution in [0.2, 0.25) is 0 Å². The van der Waals surface area contributed by atoms with Crippen molar-refractivity contribution in [3.63, 3.8) is 0 Å². The molecule has 1 aliphatic rings. The van der Waals surface area contributed by atoms with Crippen molar-refractivity contribution in [2.45, 2.75) is 31.7 Å². The standard InChI is InChI=1S/C13H24N2O5/c1-20-9-7-14(6-8-16)13(19)15-5-3-2-4-11(15)10-12(17)18/h11,16H,2-10H2,1H3,(H,17,18). The Balaban J connectivity index is 2.69. The van der Waals surface area contributed by atoms with E-state index in [1.165, 1.54) is 4.90 Å². The number of carboxylic acids is 1. The number of carbonyl (C=O) groups is 2. The molecule has 2 amide bonds. The number of aliphatic hydroxyl groups excluding tert-OH is 1. The Kier molecular flexibility index (Phi) is 7.32. The van der Waals surface area contributed by atoms with Crippen molar-refractivity contribution in [3.8, 4) is 0 Å². The number of aliphatic hydroxyl groups is 1. The summed E-state index contributed by atoms with van der Waals surface area (Å²) in [5.41, 5.74) is 0. The molecule has 0 spiro atoms. The van der Waals surface area contributed by atoms with Crippen molar-refractivity contribution in [3.05, 3.63) is 0 Å². The Morgan fingerprint density at radius 3 is 2.70 bits per heavy atom. The highest BCUT2D eigenvalue weighted by Crippen LogP contribution is 2.21. The maximum Gasteiger partial charge on any atom is 0.320 e. The van der Waals surface area contributed by atoms with E-state index in [0.717, 1.165) is 19.3 Å². The third kappa shape index (κ3) is 4.97. The number of likely N-dealkylation sites (tertiary alicyclic amines) is 1. The van der Waals surface area contributed by atoms with E-state index in [1.54, 1.807) is 12.0 Å². The summed E-state index contributed by atoms with van der Waals surface area (Å²) in [5.74, 6) is -0.889. The van der Waals surface area contributed by atoms with Crippen LogP contribution < -0.4 is 0 Å². The molecule has 0 aliphatic carbocycles. The van der Waals surface area contributed by atoms with Gasteiger partial charge in [0.15, 0.2) is 0 Å². The van der Waals surface area contributed by atoms with Crippen molar-refractivity contribution in [1.82, 2.24) is 9.80 Å². The average molecular weight is 288 g/mol. The van der Waals surface area contributed by atoms with Crippen molar-refractivity contribution in [1.29, 1.82) is 0 Å². The molecule has 0 aromatic carbocycles. The van der Waals surface area contributed by atoms with Crippen LogP contribution >= 0.6 is 0 Å². The number of hydrogen-bond donors (Lipinski definition) is 2. The number of piperidine rings is 1. The summed E-state index contributed by atoms with van der Waals surface area (Å²) in [5, 5.41) is 18.0. The van der Waals surface area contributed by atoms with Crippen molar-refractivity contribution in [2.75, 3.05) is 40.0 Å². The zero-order valence-electron chi connectivity index (χ0n) is 12.0. The van der Waals surface area contributed by atoms with Gasteiger partial charge in [-0.15, -0.1) is 0 Å². The average Bonchev–Trinajstić information content (AvgIpc) is 2.42. The van der Waals surface area contributed by atoms with Crippen molar-refractivity contribution < 1.29 is 24.5 Å². The number of carboxylic acid groups (broad SMARTS) is 1. The van der Waals surface area contributed by atoms with E-state index in [-0.39, 0.29) is 31.6 Å². The lowest BCUT2D eigenvalue weighted by atomic mass is 10.00. The summed E-state index contributed by atoms with van der Waals surface area (Å²) < 4.78 is 4.96. The zero-order valence-corrected chi connectivity index (χ0v) is 12.0. The molecule has 0 aromatic rings. The van der Waals surface area contributed by atoms with Crippen molar-refractivity contribution >= 4 is 12.0 Å². The number of hydrogen-bond acceptors (Lipinski definition) is 4. The number of amides is 2. The molecule has 7 nitrogen and oxygen atoms in total.